The molecule has 150 valence electrons. The first-order valence-corrected chi connectivity index (χ1v) is 10.4. The predicted molar refractivity (Wildman–Crippen MR) is 107 cm³/mol. The Morgan fingerprint density at radius 1 is 1.21 bits per heavy atom. The highest BCUT2D eigenvalue weighted by atomic mass is 32.1. The number of likely N-dealkylation sites (tertiary alicyclic amines) is 1. The summed E-state index contributed by atoms with van der Waals surface area (Å²) in [6, 6.07) is 9.81. The van der Waals surface area contributed by atoms with Crippen molar-refractivity contribution in [1.82, 2.24) is 25.3 Å². The molecule has 0 atom stereocenters. The van der Waals surface area contributed by atoms with Gasteiger partial charge in [0.1, 0.15) is 10.7 Å². The minimum atomic E-state index is -0.126. The molecule has 9 heteroatoms. The SMILES string of the molecule is Cc1noc(CNC(=O)C2CCN(C(=O)c3csc(-c4ccccc4)n3)CC2)n1. The van der Waals surface area contributed by atoms with Crippen LogP contribution in [0.15, 0.2) is 40.2 Å². The van der Waals surface area contributed by atoms with E-state index in [-0.39, 0.29) is 24.3 Å². The molecule has 3 heterocycles. The van der Waals surface area contributed by atoms with Gasteiger partial charge in [0.05, 0.1) is 6.54 Å². The Bertz CT molecular complexity index is 992. The number of benzene rings is 1. The van der Waals surface area contributed by atoms with Crippen LogP contribution in [-0.2, 0) is 11.3 Å². The third kappa shape index (κ3) is 4.51. The molecule has 8 nitrogen and oxygen atoms in total. The lowest BCUT2D eigenvalue weighted by Crippen LogP contribution is -2.43. The van der Waals surface area contributed by atoms with Gasteiger partial charge in [-0.2, -0.15) is 4.98 Å². The molecule has 0 spiro atoms. The van der Waals surface area contributed by atoms with Crippen LogP contribution in [0, 0.1) is 12.8 Å². The smallest absolute Gasteiger partial charge is 0.273 e. The van der Waals surface area contributed by atoms with Crippen LogP contribution in [0.25, 0.3) is 10.6 Å². The monoisotopic (exact) mass is 411 g/mol. The standard InChI is InChI=1S/C20H21N5O3S/c1-13-22-17(28-24-13)11-21-18(26)14-7-9-25(10-8-14)20(27)16-12-29-19(23-16)15-5-3-2-4-6-15/h2-6,12,14H,7-11H2,1H3,(H,21,26). The van der Waals surface area contributed by atoms with Crippen LogP contribution in [0.1, 0.15) is 35.0 Å². The number of rotatable bonds is 5. The van der Waals surface area contributed by atoms with Gasteiger partial charge < -0.3 is 14.7 Å². The van der Waals surface area contributed by atoms with Crippen molar-refractivity contribution >= 4 is 23.2 Å². The maximum atomic E-state index is 12.8. The van der Waals surface area contributed by atoms with Crippen molar-refractivity contribution in [2.24, 2.45) is 5.92 Å². The van der Waals surface area contributed by atoms with E-state index in [0.717, 1.165) is 10.6 Å². The van der Waals surface area contributed by atoms with Crippen molar-refractivity contribution in [2.45, 2.75) is 26.3 Å². The number of nitrogens with zero attached hydrogens (tertiary/aromatic N) is 4. The molecule has 0 unspecified atom stereocenters. The summed E-state index contributed by atoms with van der Waals surface area (Å²) < 4.78 is 5.00. The first-order valence-electron chi connectivity index (χ1n) is 9.47. The van der Waals surface area contributed by atoms with Crippen molar-refractivity contribution in [2.75, 3.05) is 13.1 Å². The molecule has 29 heavy (non-hydrogen) atoms. The molecular formula is C20H21N5O3S. The van der Waals surface area contributed by atoms with Crippen LogP contribution >= 0.6 is 11.3 Å². The molecule has 0 saturated carbocycles. The van der Waals surface area contributed by atoms with Gasteiger partial charge in [0.25, 0.3) is 5.91 Å². The highest BCUT2D eigenvalue weighted by molar-refractivity contribution is 7.13. The van der Waals surface area contributed by atoms with Gasteiger partial charge in [-0.3, -0.25) is 9.59 Å². The molecule has 1 aliphatic rings. The molecule has 0 radical (unpaired) electrons. The molecule has 1 saturated heterocycles. The van der Waals surface area contributed by atoms with Gasteiger partial charge in [-0.05, 0) is 19.8 Å². The zero-order valence-electron chi connectivity index (χ0n) is 16.0. The topological polar surface area (TPSA) is 101 Å². The lowest BCUT2D eigenvalue weighted by molar-refractivity contribution is -0.126. The number of carbonyl (C=O) groups excluding carboxylic acids is 2. The molecule has 0 bridgehead atoms. The molecular weight excluding hydrogens is 390 g/mol. The number of thiazole rings is 1. The summed E-state index contributed by atoms with van der Waals surface area (Å²) in [6.07, 6.45) is 1.24. The van der Waals surface area contributed by atoms with E-state index in [1.54, 1.807) is 17.2 Å². The van der Waals surface area contributed by atoms with Gasteiger partial charge in [0.2, 0.25) is 11.8 Å². The van der Waals surface area contributed by atoms with Gasteiger partial charge in [-0.1, -0.05) is 35.5 Å². The summed E-state index contributed by atoms with van der Waals surface area (Å²) in [5.41, 5.74) is 1.46. The van der Waals surface area contributed by atoms with Gasteiger partial charge in [-0.25, -0.2) is 4.98 Å². The van der Waals surface area contributed by atoms with Crippen LogP contribution < -0.4 is 5.32 Å². The van der Waals surface area contributed by atoms with Crippen molar-refractivity contribution in [3.05, 3.63) is 53.1 Å². The lowest BCUT2D eigenvalue weighted by Gasteiger charge is -2.30. The number of aryl methyl sites for hydroxylation is 1. The molecule has 1 N–H and O–H groups in total. The average Bonchev–Trinajstić information content (AvgIpc) is 3.41. The fraction of sp³-hybridized carbons (Fsp3) is 0.350. The second-order valence-electron chi connectivity index (χ2n) is 6.92. The van der Waals surface area contributed by atoms with Gasteiger partial charge in [0.15, 0.2) is 5.82 Å². The summed E-state index contributed by atoms with van der Waals surface area (Å²) in [5, 5.41) is 9.16. The Kier molecular flexibility index (Phi) is 5.66. The third-order valence-electron chi connectivity index (χ3n) is 4.88. The number of carbonyl (C=O) groups is 2. The number of hydrogen-bond acceptors (Lipinski definition) is 7. The normalized spacial score (nSPS) is 14.7. The first-order chi connectivity index (χ1) is 14.1. The maximum absolute atomic E-state index is 12.8. The minimum absolute atomic E-state index is 0.0482. The van der Waals surface area contributed by atoms with Crippen molar-refractivity contribution in [3.63, 3.8) is 0 Å². The van der Waals surface area contributed by atoms with Crippen LogP contribution in [0.2, 0.25) is 0 Å². The van der Waals surface area contributed by atoms with E-state index < -0.39 is 0 Å². The number of nitrogens with one attached hydrogen (secondary N) is 1. The fourth-order valence-corrected chi connectivity index (χ4v) is 4.11. The summed E-state index contributed by atoms with van der Waals surface area (Å²) in [4.78, 5) is 35.5. The van der Waals surface area contributed by atoms with E-state index in [2.05, 4.69) is 20.4 Å². The number of aromatic nitrogens is 3. The predicted octanol–water partition coefficient (Wildman–Crippen LogP) is 2.67. The summed E-state index contributed by atoms with van der Waals surface area (Å²) >= 11 is 1.46. The Labute approximate surface area is 172 Å². The zero-order valence-corrected chi connectivity index (χ0v) is 16.8. The van der Waals surface area contributed by atoms with Crippen molar-refractivity contribution in [3.8, 4) is 10.6 Å². The lowest BCUT2D eigenvalue weighted by atomic mass is 9.95. The van der Waals surface area contributed by atoms with E-state index >= 15 is 0 Å². The summed E-state index contributed by atoms with van der Waals surface area (Å²) in [6.45, 7) is 3.02. The van der Waals surface area contributed by atoms with Gasteiger partial charge in [-0.15, -0.1) is 11.3 Å². The molecule has 3 aromatic rings. The highest BCUT2D eigenvalue weighted by Gasteiger charge is 2.29. The summed E-state index contributed by atoms with van der Waals surface area (Å²) in [5.74, 6) is 0.676. The minimum Gasteiger partial charge on any atom is -0.347 e. The first kappa shape index (κ1) is 19.3. The second-order valence-corrected chi connectivity index (χ2v) is 7.78. The van der Waals surface area contributed by atoms with E-state index in [1.165, 1.54) is 11.3 Å². The van der Waals surface area contributed by atoms with Crippen LogP contribution in [0.4, 0.5) is 0 Å². The molecule has 2 amide bonds. The molecule has 1 fully saturated rings. The molecule has 2 aromatic heterocycles. The van der Waals surface area contributed by atoms with Crippen molar-refractivity contribution < 1.29 is 14.1 Å². The number of hydrogen-bond donors (Lipinski definition) is 1. The largest absolute Gasteiger partial charge is 0.347 e. The Morgan fingerprint density at radius 2 is 1.97 bits per heavy atom. The van der Waals surface area contributed by atoms with Crippen molar-refractivity contribution in [1.29, 1.82) is 0 Å². The Balaban J connectivity index is 1.29. The number of amides is 2. The van der Waals surface area contributed by atoms with Crippen LogP contribution in [-0.4, -0.2) is 44.9 Å². The quantitative estimate of drug-likeness (QED) is 0.693. The Morgan fingerprint density at radius 3 is 2.66 bits per heavy atom. The average molecular weight is 411 g/mol. The van der Waals surface area contributed by atoms with Gasteiger partial charge in [0, 0.05) is 30.0 Å². The van der Waals surface area contributed by atoms with E-state index in [4.69, 9.17) is 4.52 Å². The van der Waals surface area contributed by atoms with Crippen LogP contribution in [0.3, 0.4) is 0 Å². The summed E-state index contributed by atoms with van der Waals surface area (Å²) in [7, 11) is 0. The number of piperidine rings is 1. The molecule has 1 aliphatic heterocycles. The molecule has 1 aromatic carbocycles. The molecule has 0 aliphatic carbocycles. The third-order valence-corrected chi connectivity index (χ3v) is 5.77. The van der Waals surface area contributed by atoms with E-state index in [9.17, 15) is 9.59 Å². The molecule has 4 rings (SSSR count). The van der Waals surface area contributed by atoms with E-state index in [1.807, 2.05) is 30.3 Å². The van der Waals surface area contributed by atoms with Gasteiger partial charge >= 0.3 is 0 Å². The van der Waals surface area contributed by atoms with Crippen LogP contribution in [0.5, 0.6) is 0 Å². The maximum Gasteiger partial charge on any atom is 0.273 e. The fourth-order valence-electron chi connectivity index (χ4n) is 3.31. The van der Waals surface area contributed by atoms with E-state index in [0.29, 0.717) is 43.3 Å². The second kappa shape index (κ2) is 8.52. The Hall–Kier alpha value is -3.07. The zero-order chi connectivity index (χ0) is 20.2. The highest BCUT2D eigenvalue weighted by Crippen LogP contribution is 2.25.